The molecule has 0 saturated carbocycles. The van der Waals surface area contributed by atoms with Crippen LogP contribution in [0, 0.1) is 6.92 Å². The van der Waals surface area contributed by atoms with Crippen molar-refractivity contribution in [3.8, 4) is 0 Å². The highest BCUT2D eigenvalue weighted by molar-refractivity contribution is 7.89. The van der Waals surface area contributed by atoms with Crippen molar-refractivity contribution in [3.63, 3.8) is 0 Å². The molecule has 0 fully saturated rings. The summed E-state index contributed by atoms with van der Waals surface area (Å²) in [7, 11) is -3.75. The molecular weight excluding hydrogens is 338 g/mol. The molecule has 6 nitrogen and oxygen atoms in total. The van der Waals surface area contributed by atoms with E-state index in [1.807, 2.05) is 49.4 Å². The van der Waals surface area contributed by atoms with Gasteiger partial charge >= 0.3 is 0 Å². The molecule has 3 rings (SSSR count). The summed E-state index contributed by atoms with van der Waals surface area (Å²) in [5.74, 6) is 0.583. The number of hydrogen-bond donors (Lipinski definition) is 1. The van der Waals surface area contributed by atoms with Crippen LogP contribution in [0.4, 0.5) is 0 Å². The molecule has 0 amide bonds. The first-order chi connectivity index (χ1) is 12.0. The standard InChI is InChI=1S/C18H19N3O3S/c1-3-14-9-11-16(12-10-14)25(22,23)21-17(15-7-5-4-6-8-15)18-20-19-13(2)24-18/h4-12,17,21H,3H2,1-2H3. The monoisotopic (exact) mass is 357 g/mol. The second kappa shape index (κ2) is 7.16. The number of nitrogens with zero attached hydrogens (tertiary/aromatic N) is 2. The lowest BCUT2D eigenvalue weighted by atomic mass is 10.1. The zero-order chi connectivity index (χ0) is 17.9. The lowest BCUT2D eigenvalue weighted by molar-refractivity contribution is 0.436. The van der Waals surface area contributed by atoms with Crippen LogP contribution >= 0.6 is 0 Å². The van der Waals surface area contributed by atoms with E-state index in [0.29, 0.717) is 5.89 Å². The maximum atomic E-state index is 12.8. The van der Waals surface area contributed by atoms with Crippen molar-refractivity contribution < 1.29 is 12.8 Å². The van der Waals surface area contributed by atoms with Gasteiger partial charge in [0.2, 0.25) is 21.8 Å². The topological polar surface area (TPSA) is 85.1 Å². The molecule has 0 saturated heterocycles. The zero-order valence-electron chi connectivity index (χ0n) is 14.0. The molecule has 0 bridgehead atoms. The predicted molar refractivity (Wildman–Crippen MR) is 93.5 cm³/mol. The number of sulfonamides is 1. The molecule has 0 radical (unpaired) electrons. The molecule has 130 valence electrons. The van der Waals surface area contributed by atoms with E-state index >= 15 is 0 Å². The highest BCUT2D eigenvalue weighted by Gasteiger charge is 2.26. The Labute approximate surface area is 147 Å². The maximum Gasteiger partial charge on any atom is 0.241 e. The Morgan fingerprint density at radius 2 is 1.72 bits per heavy atom. The van der Waals surface area contributed by atoms with Gasteiger partial charge in [0.15, 0.2) is 0 Å². The summed E-state index contributed by atoms with van der Waals surface area (Å²) < 4.78 is 33.7. The number of benzene rings is 2. The third-order valence-corrected chi connectivity index (χ3v) is 5.28. The first-order valence-electron chi connectivity index (χ1n) is 7.96. The lowest BCUT2D eigenvalue weighted by Gasteiger charge is -2.16. The summed E-state index contributed by atoms with van der Waals surface area (Å²) in [5.41, 5.74) is 1.80. The van der Waals surface area contributed by atoms with Gasteiger partial charge < -0.3 is 4.42 Å². The first-order valence-corrected chi connectivity index (χ1v) is 9.44. The third kappa shape index (κ3) is 3.94. The Hall–Kier alpha value is -2.51. The van der Waals surface area contributed by atoms with E-state index in [-0.39, 0.29) is 10.8 Å². The lowest BCUT2D eigenvalue weighted by Crippen LogP contribution is -2.29. The van der Waals surface area contributed by atoms with Crippen molar-refractivity contribution in [3.05, 3.63) is 77.5 Å². The van der Waals surface area contributed by atoms with Gasteiger partial charge in [-0.3, -0.25) is 0 Å². The van der Waals surface area contributed by atoms with Crippen molar-refractivity contribution in [1.82, 2.24) is 14.9 Å². The second-order valence-corrected chi connectivity index (χ2v) is 7.34. The maximum absolute atomic E-state index is 12.8. The summed E-state index contributed by atoms with van der Waals surface area (Å²) in [5, 5.41) is 7.79. The van der Waals surface area contributed by atoms with E-state index in [0.717, 1.165) is 17.5 Å². The minimum atomic E-state index is -3.75. The zero-order valence-corrected chi connectivity index (χ0v) is 14.8. The molecule has 1 unspecified atom stereocenters. The third-order valence-electron chi connectivity index (χ3n) is 3.84. The minimum absolute atomic E-state index is 0.196. The Kier molecular flexibility index (Phi) is 4.96. The van der Waals surface area contributed by atoms with Crippen molar-refractivity contribution in [2.24, 2.45) is 0 Å². The molecule has 7 heteroatoms. The van der Waals surface area contributed by atoms with Crippen LogP contribution in [0.25, 0.3) is 0 Å². The van der Waals surface area contributed by atoms with Crippen LogP contribution in [0.15, 0.2) is 63.9 Å². The fourth-order valence-corrected chi connectivity index (χ4v) is 3.64. The number of aromatic nitrogens is 2. The fourth-order valence-electron chi connectivity index (χ4n) is 2.46. The quantitative estimate of drug-likeness (QED) is 0.733. The van der Waals surface area contributed by atoms with Crippen LogP contribution in [-0.4, -0.2) is 18.6 Å². The Morgan fingerprint density at radius 1 is 1.04 bits per heavy atom. The van der Waals surface area contributed by atoms with Crippen molar-refractivity contribution in [2.45, 2.75) is 31.2 Å². The van der Waals surface area contributed by atoms with E-state index < -0.39 is 16.1 Å². The van der Waals surface area contributed by atoms with Gasteiger partial charge in [-0.05, 0) is 29.7 Å². The molecule has 0 aliphatic heterocycles. The van der Waals surface area contributed by atoms with E-state index in [1.54, 1.807) is 19.1 Å². The van der Waals surface area contributed by atoms with Gasteiger partial charge in [0.25, 0.3) is 0 Å². The van der Waals surface area contributed by atoms with E-state index in [4.69, 9.17) is 4.42 Å². The van der Waals surface area contributed by atoms with Gasteiger partial charge in [0, 0.05) is 6.92 Å². The van der Waals surface area contributed by atoms with Crippen LogP contribution in [0.5, 0.6) is 0 Å². The largest absolute Gasteiger partial charge is 0.423 e. The average molecular weight is 357 g/mol. The molecule has 0 aliphatic rings. The van der Waals surface area contributed by atoms with Gasteiger partial charge in [-0.25, -0.2) is 8.42 Å². The summed E-state index contributed by atoms with van der Waals surface area (Å²) in [6.07, 6.45) is 0.849. The highest BCUT2D eigenvalue weighted by atomic mass is 32.2. The fraction of sp³-hybridized carbons (Fsp3) is 0.222. The van der Waals surface area contributed by atoms with Gasteiger partial charge in [-0.15, -0.1) is 10.2 Å². The normalized spacial score (nSPS) is 12.9. The Balaban J connectivity index is 1.96. The summed E-state index contributed by atoms with van der Waals surface area (Å²) >= 11 is 0. The van der Waals surface area contributed by atoms with Gasteiger partial charge in [0.05, 0.1) is 4.90 Å². The minimum Gasteiger partial charge on any atom is -0.423 e. The van der Waals surface area contributed by atoms with E-state index in [1.165, 1.54) is 0 Å². The van der Waals surface area contributed by atoms with Crippen molar-refractivity contribution in [2.75, 3.05) is 0 Å². The first kappa shape index (κ1) is 17.3. The van der Waals surface area contributed by atoms with Crippen molar-refractivity contribution in [1.29, 1.82) is 0 Å². The summed E-state index contributed by atoms with van der Waals surface area (Å²) in [4.78, 5) is 0.196. The summed E-state index contributed by atoms with van der Waals surface area (Å²) in [6.45, 7) is 3.68. The van der Waals surface area contributed by atoms with Crippen LogP contribution < -0.4 is 4.72 Å². The van der Waals surface area contributed by atoms with E-state index in [2.05, 4.69) is 14.9 Å². The molecular formula is C18H19N3O3S. The molecule has 1 atom stereocenters. The second-order valence-electron chi connectivity index (χ2n) is 5.62. The highest BCUT2D eigenvalue weighted by Crippen LogP contribution is 2.24. The Morgan fingerprint density at radius 3 is 2.28 bits per heavy atom. The van der Waals surface area contributed by atoms with Crippen LogP contribution in [0.3, 0.4) is 0 Å². The Bertz CT molecular complexity index is 935. The van der Waals surface area contributed by atoms with Crippen LogP contribution in [0.2, 0.25) is 0 Å². The molecule has 25 heavy (non-hydrogen) atoms. The molecule has 3 aromatic rings. The number of rotatable bonds is 6. The van der Waals surface area contributed by atoms with Crippen molar-refractivity contribution >= 4 is 10.0 Å². The summed E-state index contributed by atoms with van der Waals surface area (Å²) in [6, 6.07) is 15.2. The van der Waals surface area contributed by atoms with Crippen LogP contribution in [0.1, 0.15) is 35.9 Å². The number of hydrogen-bond acceptors (Lipinski definition) is 5. The molecule has 0 spiro atoms. The van der Waals surface area contributed by atoms with Gasteiger partial charge in [-0.1, -0.05) is 49.4 Å². The predicted octanol–water partition coefficient (Wildman–Crippen LogP) is 3.01. The molecule has 1 N–H and O–H groups in total. The van der Waals surface area contributed by atoms with E-state index in [9.17, 15) is 8.42 Å². The van der Waals surface area contributed by atoms with Gasteiger partial charge in [0.1, 0.15) is 6.04 Å². The average Bonchev–Trinajstić information content (AvgIpc) is 3.06. The molecule has 1 aromatic heterocycles. The van der Waals surface area contributed by atoms with Crippen LogP contribution in [-0.2, 0) is 16.4 Å². The molecule has 0 aliphatic carbocycles. The van der Waals surface area contributed by atoms with Gasteiger partial charge in [-0.2, -0.15) is 4.72 Å². The SMILES string of the molecule is CCc1ccc(S(=O)(=O)NC(c2ccccc2)c2nnc(C)o2)cc1. The number of nitrogens with one attached hydrogen (secondary N) is 1. The smallest absolute Gasteiger partial charge is 0.241 e. The molecule has 2 aromatic carbocycles. The molecule has 1 heterocycles. The number of aryl methyl sites for hydroxylation is 2.